The number of pyridine rings is 1. The summed E-state index contributed by atoms with van der Waals surface area (Å²) in [4.78, 5) is 6.41. The van der Waals surface area contributed by atoms with Gasteiger partial charge in [-0.05, 0) is 36.2 Å². The molecule has 18 heavy (non-hydrogen) atoms. The second-order valence-electron chi connectivity index (χ2n) is 4.38. The van der Waals surface area contributed by atoms with E-state index in [1.54, 1.807) is 6.20 Å². The molecule has 0 spiro atoms. The number of hydrogen-bond donors (Lipinski definition) is 1. The summed E-state index contributed by atoms with van der Waals surface area (Å²) in [5.74, 6) is 0.914. The van der Waals surface area contributed by atoms with Gasteiger partial charge in [0.25, 0.3) is 0 Å². The maximum absolute atomic E-state index is 5.86. The van der Waals surface area contributed by atoms with Crippen LogP contribution >= 0.6 is 11.6 Å². The van der Waals surface area contributed by atoms with Gasteiger partial charge in [0.15, 0.2) is 0 Å². The summed E-state index contributed by atoms with van der Waals surface area (Å²) in [7, 11) is 2.01. The number of nitrogen functional groups attached to an aromatic ring is 1. The van der Waals surface area contributed by atoms with E-state index in [9.17, 15) is 0 Å². The van der Waals surface area contributed by atoms with E-state index in [0.29, 0.717) is 0 Å². The van der Waals surface area contributed by atoms with E-state index in [2.05, 4.69) is 9.88 Å². The Balaban J connectivity index is 2.13. The van der Waals surface area contributed by atoms with Crippen LogP contribution in [0.15, 0.2) is 36.5 Å². The van der Waals surface area contributed by atoms with Gasteiger partial charge in [-0.3, -0.25) is 0 Å². The fourth-order valence-corrected chi connectivity index (χ4v) is 1.83. The molecule has 0 amide bonds. The molecule has 1 heterocycles. The highest BCUT2D eigenvalue weighted by molar-refractivity contribution is 6.30. The molecule has 0 atom stereocenters. The van der Waals surface area contributed by atoms with Crippen molar-refractivity contribution in [3.05, 3.63) is 52.7 Å². The maximum atomic E-state index is 5.86. The van der Waals surface area contributed by atoms with Gasteiger partial charge in [-0.15, -0.1) is 0 Å². The first kappa shape index (κ1) is 12.7. The lowest BCUT2D eigenvalue weighted by atomic mass is 10.2. The third-order valence-corrected chi connectivity index (χ3v) is 3.11. The fourth-order valence-electron chi connectivity index (χ4n) is 1.71. The van der Waals surface area contributed by atoms with E-state index in [1.165, 1.54) is 5.56 Å². The van der Waals surface area contributed by atoms with Crippen LogP contribution in [0.25, 0.3) is 0 Å². The molecule has 0 fully saturated rings. The Bertz CT molecular complexity index is 537. The van der Waals surface area contributed by atoms with E-state index in [4.69, 9.17) is 17.3 Å². The second kappa shape index (κ2) is 5.27. The van der Waals surface area contributed by atoms with Gasteiger partial charge in [0.1, 0.15) is 5.82 Å². The van der Waals surface area contributed by atoms with Gasteiger partial charge in [-0.2, -0.15) is 0 Å². The minimum atomic E-state index is 0.721. The van der Waals surface area contributed by atoms with E-state index >= 15 is 0 Å². The Morgan fingerprint density at radius 3 is 2.56 bits per heavy atom. The molecule has 0 bridgehead atoms. The Kier molecular flexibility index (Phi) is 3.72. The number of aromatic nitrogens is 1. The Labute approximate surface area is 112 Å². The molecule has 1 aromatic carbocycles. The first-order valence-corrected chi connectivity index (χ1v) is 6.12. The molecule has 94 valence electrons. The average molecular weight is 262 g/mol. The molecule has 2 aromatic rings. The third-order valence-electron chi connectivity index (χ3n) is 2.86. The average Bonchev–Trinajstić information content (AvgIpc) is 2.35. The number of anilines is 2. The summed E-state index contributed by atoms with van der Waals surface area (Å²) < 4.78 is 0. The highest BCUT2D eigenvalue weighted by Gasteiger charge is 2.05. The molecule has 0 radical (unpaired) electrons. The van der Waals surface area contributed by atoms with Crippen LogP contribution in [-0.2, 0) is 6.54 Å². The number of benzene rings is 1. The molecule has 0 unspecified atom stereocenters. The third kappa shape index (κ3) is 2.93. The number of nitrogens with two attached hydrogens (primary N) is 1. The van der Waals surface area contributed by atoms with Crippen LogP contribution in [0.3, 0.4) is 0 Å². The van der Waals surface area contributed by atoms with Crippen molar-refractivity contribution in [2.45, 2.75) is 13.5 Å². The summed E-state index contributed by atoms with van der Waals surface area (Å²) in [6.07, 6.45) is 1.70. The van der Waals surface area contributed by atoms with Crippen LogP contribution in [0.5, 0.6) is 0 Å². The normalized spacial score (nSPS) is 10.4. The van der Waals surface area contributed by atoms with Crippen molar-refractivity contribution < 1.29 is 0 Å². The van der Waals surface area contributed by atoms with Crippen molar-refractivity contribution in [2.24, 2.45) is 0 Å². The summed E-state index contributed by atoms with van der Waals surface area (Å²) in [5.41, 5.74) is 8.72. The SMILES string of the molecule is Cc1cc(N(C)Cc2ccc(Cl)cc2)ncc1N. The molecule has 0 saturated carbocycles. The standard InChI is InChI=1S/C14H16ClN3/c1-10-7-14(17-8-13(10)16)18(2)9-11-3-5-12(15)6-4-11/h3-8H,9,16H2,1-2H3. The summed E-state index contributed by atoms with van der Waals surface area (Å²) >= 11 is 5.86. The predicted octanol–water partition coefficient (Wildman–Crippen LogP) is 3.26. The van der Waals surface area contributed by atoms with Crippen molar-refractivity contribution in [2.75, 3.05) is 17.7 Å². The first-order chi connectivity index (χ1) is 8.56. The largest absolute Gasteiger partial charge is 0.397 e. The summed E-state index contributed by atoms with van der Waals surface area (Å²) in [5, 5.41) is 0.753. The van der Waals surface area contributed by atoms with Crippen LogP contribution in [-0.4, -0.2) is 12.0 Å². The van der Waals surface area contributed by atoms with Gasteiger partial charge in [-0.25, -0.2) is 4.98 Å². The summed E-state index contributed by atoms with van der Waals surface area (Å²) in [6, 6.07) is 9.82. The number of rotatable bonds is 3. The second-order valence-corrected chi connectivity index (χ2v) is 4.82. The molecular formula is C14H16ClN3. The molecule has 2 rings (SSSR count). The highest BCUT2D eigenvalue weighted by Crippen LogP contribution is 2.18. The van der Waals surface area contributed by atoms with E-state index in [1.807, 2.05) is 44.3 Å². The zero-order valence-corrected chi connectivity index (χ0v) is 11.3. The van der Waals surface area contributed by atoms with E-state index in [-0.39, 0.29) is 0 Å². The van der Waals surface area contributed by atoms with Gasteiger partial charge in [0, 0.05) is 18.6 Å². The lowest BCUT2D eigenvalue weighted by Crippen LogP contribution is -2.17. The van der Waals surface area contributed by atoms with Crippen molar-refractivity contribution in [1.29, 1.82) is 0 Å². The van der Waals surface area contributed by atoms with Crippen LogP contribution in [0.1, 0.15) is 11.1 Å². The van der Waals surface area contributed by atoms with Crippen molar-refractivity contribution in [3.63, 3.8) is 0 Å². The Morgan fingerprint density at radius 2 is 1.94 bits per heavy atom. The highest BCUT2D eigenvalue weighted by atomic mass is 35.5. The molecule has 0 aliphatic carbocycles. The number of nitrogens with zero attached hydrogens (tertiary/aromatic N) is 2. The molecule has 3 nitrogen and oxygen atoms in total. The smallest absolute Gasteiger partial charge is 0.128 e. The molecule has 0 aliphatic heterocycles. The topological polar surface area (TPSA) is 42.2 Å². The fraction of sp³-hybridized carbons (Fsp3) is 0.214. The molecular weight excluding hydrogens is 246 g/mol. The van der Waals surface area contributed by atoms with Crippen LogP contribution < -0.4 is 10.6 Å². The van der Waals surface area contributed by atoms with Crippen LogP contribution in [0.4, 0.5) is 11.5 Å². The number of hydrogen-bond acceptors (Lipinski definition) is 3. The first-order valence-electron chi connectivity index (χ1n) is 5.74. The monoisotopic (exact) mass is 261 g/mol. The van der Waals surface area contributed by atoms with Gasteiger partial charge in [0.05, 0.1) is 11.9 Å². The van der Waals surface area contributed by atoms with E-state index < -0.39 is 0 Å². The molecule has 0 aliphatic rings. The van der Waals surface area contributed by atoms with Crippen molar-refractivity contribution >= 4 is 23.1 Å². The quantitative estimate of drug-likeness (QED) is 0.922. The van der Waals surface area contributed by atoms with Gasteiger partial charge >= 0.3 is 0 Å². The molecule has 0 saturated heterocycles. The summed E-state index contributed by atoms with van der Waals surface area (Å²) in [6.45, 7) is 2.77. The lowest BCUT2D eigenvalue weighted by Gasteiger charge is -2.19. The Morgan fingerprint density at radius 1 is 1.28 bits per heavy atom. The number of halogens is 1. The van der Waals surface area contributed by atoms with Crippen LogP contribution in [0, 0.1) is 6.92 Å². The zero-order valence-electron chi connectivity index (χ0n) is 10.5. The van der Waals surface area contributed by atoms with Gasteiger partial charge in [-0.1, -0.05) is 23.7 Å². The van der Waals surface area contributed by atoms with Gasteiger partial charge < -0.3 is 10.6 Å². The van der Waals surface area contributed by atoms with Gasteiger partial charge in [0.2, 0.25) is 0 Å². The van der Waals surface area contributed by atoms with E-state index in [0.717, 1.165) is 28.6 Å². The number of aryl methyl sites for hydroxylation is 1. The molecule has 1 aromatic heterocycles. The van der Waals surface area contributed by atoms with Crippen molar-refractivity contribution in [1.82, 2.24) is 4.98 Å². The minimum absolute atomic E-state index is 0.721. The molecule has 2 N–H and O–H groups in total. The van der Waals surface area contributed by atoms with Crippen molar-refractivity contribution in [3.8, 4) is 0 Å². The van der Waals surface area contributed by atoms with Crippen LogP contribution in [0.2, 0.25) is 5.02 Å². The molecule has 4 heteroatoms. The zero-order chi connectivity index (χ0) is 13.1. The lowest BCUT2D eigenvalue weighted by molar-refractivity contribution is 0.897. The minimum Gasteiger partial charge on any atom is -0.397 e. The Hall–Kier alpha value is -1.74. The predicted molar refractivity (Wildman–Crippen MR) is 76.9 cm³/mol. The maximum Gasteiger partial charge on any atom is 0.128 e.